The summed E-state index contributed by atoms with van der Waals surface area (Å²) in [7, 11) is -2.39. The predicted octanol–water partition coefficient (Wildman–Crippen LogP) is 1.87. The van der Waals surface area contributed by atoms with Gasteiger partial charge in [0.2, 0.25) is 11.8 Å². The van der Waals surface area contributed by atoms with Gasteiger partial charge >= 0.3 is 0 Å². The maximum atomic E-state index is 13.3. The molecule has 2 heterocycles. The minimum Gasteiger partial charge on any atom is -0.349 e. The Balaban J connectivity index is 1.58. The van der Waals surface area contributed by atoms with E-state index >= 15 is 0 Å². The van der Waals surface area contributed by atoms with Crippen LogP contribution in [-0.4, -0.2) is 35.1 Å². The van der Waals surface area contributed by atoms with Crippen LogP contribution in [-0.2, 0) is 33.1 Å². The summed E-state index contributed by atoms with van der Waals surface area (Å²) >= 11 is 0. The van der Waals surface area contributed by atoms with Gasteiger partial charge in [-0.3, -0.25) is 18.7 Å². The van der Waals surface area contributed by atoms with Gasteiger partial charge in [0.25, 0.3) is 15.6 Å². The van der Waals surface area contributed by atoms with Gasteiger partial charge in [0.1, 0.15) is 6.04 Å². The molecule has 1 aliphatic heterocycles. The Morgan fingerprint density at radius 3 is 2.57 bits per heavy atom. The van der Waals surface area contributed by atoms with Crippen LogP contribution in [0.25, 0.3) is 0 Å². The van der Waals surface area contributed by atoms with Gasteiger partial charge in [-0.05, 0) is 48.4 Å². The van der Waals surface area contributed by atoms with Crippen LogP contribution in [0.15, 0.2) is 58.6 Å². The zero-order valence-electron chi connectivity index (χ0n) is 20.2. The summed E-state index contributed by atoms with van der Waals surface area (Å²) in [5, 5.41) is 5.49. The van der Waals surface area contributed by atoms with Crippen molar-refractivity contribution in [3.63, 3.8) is 0 Å². The number of benzene rings is 1. The van der Waals surface area contributed by atoms with Crippen molar-refractivity contribution < 1.29 is 18.0 Å². The Morgan fingerprint density at radius 1 is 1.20 bits per heavy atom. The smallest absolute Gasteiger partial charge is 0.264 e. The number of rotatable bonds is 5. The van der Waals surface area contributed by atoms with Crippen LogP contribution in [0.2, 0.25) is 0 Å². The van der Waals surface area contributed by atoms with E-state index in [9.17, 15) is 22.8 Å². The number of sulfonamides is 1. The summed E-state index contributed by atoms with van der Waals surface area (Å²) in [5.74, 6) is -1.03. The SMILES string of the molecule is Cc1ccc(S(=O)(=O)N2C=CNC(=O)[C@H]2CC(=O)N[C@@H]2CC(C)(C)Cc3cc(=O)n(C)cc32)cc1. The van der Waals surface area contributed by atoms with Crippen molar-refractivity contribution in [3.05, 3.63) is 76.0 Å². The first-order valence-corrected chi connectivity index (χ1v) is 12.9. The quantitative estimate of drug-likeness (QED) is 0.653. The number of nitrogens with zero attached hydrogens (tertiary/aromatic N) is 2. The highest BCUT2D eigenvalue weighted by atomic mass is 32.2. The lowest BCUT2D eigenvalue weighted by Crippen LogP contribution is -2.51. The monoisotopic (exact) mass is 498 g/mol. The summed E-state index contributed by atoms with van der Waals surface area (Å²) in [6, 6.07) is 6.32. The molecule has 2 aliphatic rings. The molecule has 0 bridgehead atoms. The third-order valence-electron chi connectivity index (χ3n) is 6.52. The minimum atomic E-state index is -4.05. The van der Waals surface area contributed by atoms with Crippen LogP contribution in [0, 0.1) is 12.3 Å². The van der Waals surface area contributed by atoms with Crippen LogP contribution >= 0.6 is 0 Å². The molecule has 186 valence electrons. The molecule has 1 aromatic carbocycles. The lowest BCUT2D eigenvalue weighted by molar-refractivity contribution is -0.130. The Morgan fingerprint density at radius 2 is 1.89 bits per heavy atom. The number of fused-ring (bicyclic) bond motifs is 1. The fourth-order valence-electron chi connectivity index (χ4n) is 4.73. The third kappa shape index (κ3) is 5.02. The van der Waals surface area contributed by atoms with Crippen LogP contribution in [0.5, 0.6) is 0 Å². The number of nitrogens with one attached hydrogen (secondary N) is 2. The van der Waals surface area contributed by atoms with E-state index in [0.717, 1.165) is 21.0 Å². The van der Waals surface area contributed by atoms with Crippen molar-refractivity contribution in [1.29, 1.82) is 0 Å². The van der Waals surface area contributed by atoms with Gasteiger partial charge in [0, 0.05) is 31.7 Å². The summed E-state index contributed by atoms with van der Waals surface area (Å²) in [4.78, 5) is 38.0. The van der Waals surface area contributed by atoms with Gasteiger partial charge in [-0.2, -0.15) is 0 Å². The Labute approximate surface area is 204 Å². The molecule has 0 spiro atoms. The normalized spacial score (nSPS) is 21.3. The number of pyridine rings is 1. The number of hydrogen-bond donors (Lipinski definition) is 2. The molecule has 35 heavy (non-hydrogen) atoms. The number of aromatic nitrogens is 1. The molecule has 0 radical (unpaired) electrons. The van der Waals surface area contributed by atoms with Crippen LogP contribution in [0.4, 0.5) is 0 Å². The number of carbonyl (C=O) groups excluding carboxylic acids is 2. The average Bonchev–Trinajstić information content (AvgIpc) is 2.76. The lowest BCUT2D eigenvalue weighted by atomic mass is 9.72. The Hall–Kier alpha value is -3.40. The van der Waals surface area contributed by atoms with Gasteiger partial charge in [-0.1, -0.05) is 31.5 Å². The molecule has 2 N–H and O–H groups in total. The van der Waals surface area contributed by atoms with Crippen molar-refractivity contribution in [2.24, 2.45) is 12.5 Å². The first-order valence-electron chi connectivity index (χ1n) is 11.4. The van der Waals surface area contributed by atoms with Crippen molar-refractivity contribution in [2.75, 3.05) is 0 Å². The average molecular weight is 499 g/mol. The highest BCUT2D eigenvalue weighted by molar-refractivity contribution is 7.89. The number of amides is 2. The van der Waals surface area contributed by atoms with Crippen molar-refractivity contribution >= 4 is 21.8 Å². The Bertz CT molecular complexity index is 1360. The highest BCUT2D eigenvalue weighted by Crippen LogP contribution is 2.40. The number of aryl methyl sites for hydroxylation is 2. The minimum absolute atomic E-state index is 0.0386. The molecular formula is C25H30N4O5S. The molecule has 1 aromatic heterocycles. The summed E-state index contributed by atoms with van der Waals surface area (Å²) in [6.07, 6.45) is 5.27. The molecule has 0 saturated carbocycles. The van der Waals surface area contributed by atoms with E-state index in [2.05, 4.69) is 24.5 Å². The van der Waals surface area contributed by atoms with Crippen molar-refractivity contribution in [2.45, 2.75) is 57.0 Å². The fraction of sp³-hybridized carbons (Fsp3) is 0.400. The summed E-state index contributed by atoms with van der Waals surface area (Å²) < 4.78 is 29.0. The molecule has 10 heteroatoms. The molecule has 2 atom stereocenters. The molecule has 4 rings (SSSR count). The molecular weight excluding hydrogens is 468 g/mol. The van der Waals surface area contributed by atoms with Crippen LogP contribution < -0.4 is 16.2 Å². The summed E-state index contributed by atoms with van der Waals surface area (Å²) in [6.45, 7) is 5.99. The van der Waals surface area contributed by atoms with E-state index in [4.69, 9.17) is 0 Å². The van der Waals surface area contributed by atoms with Gasteiger partial charge in [0.15, 0.2) is 0 Å². The van der Waals surface area contributed by atoms with Gasteiger partial charge in [0.05, 0.1) is 17.4 Å². The maximum absolute atomic E-state index is 13.3. The topological polar surface area (TPSA) is 118 Å². The number of carbonyl (C=O) groups is 2. The van der Waals surface area contributed by atoms with Crippen LogP contribution in [0.1, 0.15) is 49.4 Å². The standard InChI is InChI=1S/C25H30N4O5S/c1-16-5-7-18(8-6-16)35(33,34)29-10-9-26-24(32)21(29)12-22(30)27-20-14-25(2,3)13-17-11-23(31)28(4)15-19(17)20/h5-11,15,20-21H,12-14H2,1-4H3,(H,26,32)(H,27,30)/t20-,21-/m1/s1. The largest absolute Gasteiger partial charge is 0.349 e. The molecule has 1 aliphatic carbocycles. The second-order valence-electron chi connectivity index (χ2n) is 10.1. The molecule has 0 fully saturated rings. The predicted molar refractivity (Wildman–Crippen MR) is 131 cm³/mol. The van der Waals surface area contributed by atoms with Gasteiger partial charge < -0.3 is 15.2 Å². The molecule has 0 unspecified atom stereocenters. The molecule has 2 amide bonds. The van der Waals surface area contributed by atoms with Crippen molar-refractivity contribution in [3.8, 4) is 0 Å². The first kappa shape index (κ1) is 24.7. The van der Waals surface area contributed by atoms with E-state index in [1.54, 1.807) is 31.4 Å². The fourth-order valence-corrected chi connectivity index (χ4v) is 6.18. The van der Waals surface area contributed by atoms with E-state index < -0.39 is 27.9 Å². The van der Waals surface area contributed by atoms with E-state index in [-0.39, 0.29) is 28.3 Å². The first-order chi connectivity index (χ1) is 16.4. The van der Waals surface area contributed by atoms with Gasteiger partial charge in [-0.15, -0.1) is 0 Å². The number of hydrogen-bond acceptors (Lipinski definition) is 5. The molecule has 9 nitrogen and oxygen atoms in total. The van der Waals surface area contributed by atoms with E-state index in [0.29, 0.717) is 12.8 Å². The van der Waals surface area contributed by atoms with E-state index in [1.807, 2.05) is 6.92 Å². The maximum Gasteiger partial charge on any atom is 0.264 e. The van der Waals surface area contributed by atoms with Gasteiger partial charge in [-0.25, -0.2) is 8.42 Å². The second kappa shape index (κ2) is 8.99. The lowest BCUT2D eigenvalue weighted by Gasteiger charge is -2.38. The Kier molecular flexibility index (Phi) is 6.35. The molecule has 2 aromatic rings. The summed E-state index contributed by atoms with van der Waals surface area (Å²) in [5.41, 5.74) is 2.38. The highest BCUT2D eigenvalue weighted by Gasteiger charge is 2.38. The molecule has 0 saturated heterocycles. The second-order valence-corrected chi connectivity index (χ2v) is 11.9. The zero-order chi connectivity index (χ0) is 25.5. The third-order valence-corrected chi connectivity index (χ3v) is 8.32. The van der Waals surface area contributed by atoms with Crippen molar-refractivity contribution in [1.82, 2.24) is 19.5 Å². The van der Waals surface area contributed by atoms with Crippen LogP contribution in [0.3, 0.4) is 0 Å². The van der Waals surface area contributed by atoms with E-state index in [1.165, 1.54) is 29.1 Å². The zero-order valence-corrected chi connectivity index (χ0v) is 21.1.